The highest BCUT2D eigenvalue weighted by molar-refractivity contribution is 4.89. The number of allylic oxidation sites excluding steroid dienone is 2. The molecule has 0 radical (unpaired) electrons. The first-order chi connectivity index (χ1) is 12.7. The van der Waals surface area contributed by atoms with E-state index in [9.17, 15) is 8.78 Å². The molecule has 3 fully saturated rings. The molecule has 0 unspecified atom stereocenters. The molecule has 0 bridgehead atoms. The average molecular weight is 365 g/mol. The van der Waals surface area contributed by atoms with Gasteiger partial charge >= 0.3 is 0 Å². The quantitative estimate of drug-likeness (QED) is 0.417. The van der Waals surface area contributed by atoms with E-state index in [1.165, 1.54) is 77.0 Å². The third-order valence-electron chi connectivity index (χ3n) is 8.06. The predicted octanol–water partition coefficient (Wildman–Crippen LogP) is 8.15. The summed E-state index contributed by atoms with van der Waals surface area (Å²) in [7, 11) is 0. The molecule has 0 saturated heterocycles. The fourth-order valence-electron chi connectivity index (χ4n) is 6.32. The molecule has 0 heterocycles. The summed E-state index contributed by atoms with van der Waals surface area (Å²) in [6, 6.07) is 0. The number of halogens is 2. The first kappa shape index (κ1) is 20.1. The van der Waals surface area contributed by atoms with Crippen molar-refractivity contribution in [3.05, 3.63) is 24.8 Å². The van der Waals surface area contributed by atoms with Gasteiger partial charge in [0.25, 0.3) is 6.08 Å². The van der Waals surface area contributed by atoms with Gasteiger partial charge in [0.2, 0.25) is 0 Å². The van der Waals surface area contributed by atoms with Crippen molar-refractivity contribution in [3.63, 3.8) is 0 Å². The highest BCUT2D eigenvalue weighted by Gasteiger charge is 2.34. The molecule has 3 aliphatic carbocycles. The van der Waals surface area contributed by atoms with Crippen molar-refractivity contribution in [2.24, 2.45) is 35.5 Å². The van der Waals surface area contributed by atoms with Crippen LogP contribution in [0.5, 0.6) is 0 Å². The summed E-state index contributed by atoms with van der Waals surface area (Å²) in [5.74, 6) is 5.35. The molecule has 3 saturated carbocycles. The van der Waals surface area contributed by atoms with Gasteiger partial charge < -0.3 is 0 Å². The van der Waals surface area contributed by atoms with Crippen LogP contribution in [0.4, 0.5) is 8.78 Å². The van der Waals surface area contributed by atoms with Gasteiger partial charge in [-0.25, -0.2) is 0 Å². The second kappa shape index (κ2) is 10.0. The molecule has 0 spiro atoms. The van der Waals surface area contributed by atoms with Gasteiger partial charge in [-0.15, -0.1) is 6.58 Å². The minimum absolute atomic E-state index is 0.566. The minimum atomic E-state index is -1.51. The third kappa shape index (κ3) is 5.67. The van der Waals surface area contributed by atoms with Crippen LogP contribution in [0.1, 0.15) is 89.9 Å². The van der Waals surface area contributed by atoms with Gasteiger partial charge in [0, 0.05) is 0 Å². The molecule has 0 N–H and O–H groups in total. The molecule has 0 atom stereocenters. The Morgan fingerprint density at radius 3 is 1.54 bits per heavy atom. The van der Waals surface area contributed by atoms with E-state index in [1.54, 1.807) is 0 Å². The van der Waals surface area contributed by atoms with Gasteiger partial charge in [-0.2, -0.15) is 8.78 Å². The minimum Gasteiger partial charge on any atom is -0.174 e. The van der Waals surface area contributed by atoms with Crippen LogP contribution in [0, 0.1) is 35.5 Å². The highest BCUT2D eigenvalue weighted by Crippen LogP contribution is 2.46. The Morgan fingerprint density at radius 1 is 0.692 bits per heavy atom. The Bertz CT molecular complexity index is 441. The normalized spacial score (nSPS) is 38.5. The fraction of sp³-hybridized carbons (Fsp3) is 0.833. The van der Waals surface area contributed by atoms with Gasteiger partial charge in [-0.3, -0.25) is 0 Å². The van der Waals surface area contributed by atoms with Crippen molar-refractivity contribution in [1.82, 2.24) is 0 Å². The maximum absolute atomic E-state index is 12.2. The van der Waals surface area contributed by atoms with Crippen LogP contribution >= 0.6 is 0 Å². The Hall–Kier alpha value is -0.660. The molecule has 3 rings (SSSR count). The van der Waals surface area contributed by atoms with Crippen LogP contribution in [-0.4, -0.2) is 0 Å². The lowest BCUT2D eigenvalue weighted by Crippen LogP contribution is -2.29. The van der Waals surface area contributed by atoms with Crippen molar-refractivity contribution < 1.29 is 8.78 Å². The van der Waals surface area contributed by atoms with Gasteiger partial charge in [-0.05, 0) is 119 Å². The molecule has 0 amide bonds. The van der Waals surface area contributed by atoms with Gasteiger partial charge in [0.15, 0.2) is 0 Å². The van der Waals surface area contributed by atoms with E-state index in [1.807, 2.05) is 0 Å². The summed E-state index contributed by atoms with van der Waals surface area (Å²) in [6.07, 6.45) is 20.0. The van der Waals surface area contributed by atoms with E-state index in [2.05, 4.69) is 12.7 Å². The smallest absolute Gasteiger partial charge is 0.174 e. The Morgan fingerprint density at radius 2 is 1.12 bits per heavy atom. The lowest BCUT2D eigenvalue weighted by atomic mass is 9.65. The molecule has 0 aromatic rings. The van der Waals surface area contributed by atoms with E-state index in [0.717, 1.165) is 42.1 Å². The Kier molecular flexibility index (Phi) is 7.76. The van der Waals surface area contributed by atoms with Crippen LogP contribution in [0.15, 0.2) is 24.8 Å². The topological polar surface area (TPSA) is 0 Å². The van der Waals surface area contributed by atoms with Crippen molar-refractivity contribution in [1.29, 1.82) is 0 Å². The monoisotopic (exact) mass is 364 g/mol. The predicted molar refractivity (Wildman–Crippen MR) is 106 cm³/mol. The number of hydrogen-bond acceptors (Lipinski definition) is 0. The van der Waals surface area contributed by atoms with Crippen LogP contribution in [0.3, 0.4) is 0 Å². The lowest BCUT2D eigenvalue weighted by Gasteiger charge is -2.41. The Labute approximate surface area is 159 Å². The SMILES string of the molecule is C=C[C@H]1CC[C@H]([C@H]2CC[C@H]([C@H]3CC[C@H](CCC=C(F)F)CC3)CC2)CC1. The zero-order valence-electron chi connectivity index (χ0n) is 16.5. The summed E-state index contributed by atoms with van der Waals surface area (Å²) in [5.41, 5.74) is 0. The molecular formula is C24H38F2. The van der Waals surface area contributed by atoms with Crippen LogP contribution in [0.25, 0.3) is 0 Å². The second-order valence-corrected chi connectivity index (χ2v) is 9.44. The molecule has 2 heteroatoms. The van der Waals surface area contributed by atoms with Crippen molar-refractivity contribution in [2.75, 3.05) is 0 Å². The molecule has 0 aliphatic heterocycles. The van der Waals surface area contributed by atoms with E-state index >= 15 is 0 Å². The summed E-state index contributed by atoms with van der Waals surface area (Å²) < 4.78 is 24.3. The van der Waals surface area contributed by atoms with E-state index in [-0.39, 0.29) is 0 Å². The first-order valence-corrected chi connectivity index (χ1v) is 11.3. The van der Waals surface area contributed by atoms with Gasteiger partial charge in [0.1, 0.15) is 0 Å². The van der Waals surface area contributed by atoms with E-state index < -0.39 is 6.08 Å². The maximum Gasteiger partial charge on any atom is 0.266 e. The summed E-state index contributed by atoms with van der Waals surface area (Å²) in [4.78, 5) is 0. The lowest BCUT2D eigenvalue weighted by molar-refractivity contribution is 0.107. The van der Waals surface area contributed by atoms with Crippen molar-refractivity contribution in [2.45, 2.75) is 89.9 Å². The highest BCUT2D eigenvalue weighted by atomic mass is 19.3. The molecule has 0 aromatic heterocycles. The standard InChI is InChI=1S/C24H38F2/c1-2-18-6-10-20(11-7-18)22-14-16-23(17-15-22)21-12-8-19(9-13-21)4-3-5-24(25)26/h2,5,18-23H,1,3-4,6-17H2/t18-,19-,20-,21-,22-,23-. The number of rotatable bonds is 6. The molecule has 26 heavy (non-hydrogen) atoms. The van der Waals surface area contributed by atoms with Crippen molar-refractivity contribution in [3.8, 4) is 0 Å². The summed E-state index contributed by atoms with van der Waals surface area (Å²) >= 11 is 0. The number of hydrogen-bond donors (Lipinski definition) is 0. The van der Waals surface area contributed by atoms with E-state index in [4.69, 9.17) is 0 Å². The molecule has 0 aromatic carbocycles. The molecule has 148 valence electrons. The average Bonchev–Trinajstić information content (AvgIpc) is 2.68. The molecular weight excluding hydrogens is 326 g/mol. The maximum atomic E-state index is 12.2. The largest absolute Gasteiger partial charge is 0.266 e. The summed E-state index contributed by atoms with van der Waals surface area (Å²) in [6.45, 7) is 3.98. The van der Waals surface area contributed by atoms with Crippen LogP contribution < -0.4 is 0 Å². The second-order valence-electron chi connectivity index (χ2n) is 9.44. The van der Waals surface area contributed by atoms with Crippen LogP contribution in [0.2, 0.25) is 0 Å². The zero-order chi connectivity index (χ0) is 18.4. The van der Waals surface area contributed by atoms with Crippen LogP contribution in [-0.2, 0) is 0 Å². The Balaban J connectivity index is 1.34. The third-order valence-corrected chi connectivity index (χ3v) is 8.06. The first-order valence-electron chi connectivity index (χ1n) is 11.3. The summed E-state index contributed by atoms with van der Waals surface area (Å²) in [5, 5.41) is 0. The molecule has 3 aliphatic rings. The molecule has 0 nitrogen and oxygen atoms in total. The zero-order valence-corrected chi connectivity index (χ0v) is 16.5. The van der Waals surface area contributed by atoms with E-state index in [0.29, 0.717) is 12.3 Å². The van der Waals surface area contributed by atoms with Gasteiger partial charge in [0.05, 0.1) is 0 Å². The fourth-order valence-corrected chi connectivity index (χ4v) is 6.32. The van der Waals surface area contributed by atoms with Gasteiger partial charge in [-0.1, -0.05) is 18.9 Å². The van der Waals surface area contributed by atoms with Crippen molar-refractivity contribution >= 4 is 0 Å².